The zero-order valence-electron chi connectivity index (χ0n) is 12.5. The van der Waals surface area contributed by atoms with Crippen LogP contribution in [0.4, 0.5) is 21.0 Å². The van der Waals surface area contributed by atoms with Crippen LogP contribution in [0, 0.1) is 0 Å². The van der Waals surface area contributed by atoms with E-state index < -0.39 is 23.4 Å². The molecule has 0 radical (unpaired) electrons. The summed E-state index contributed by atoms with van der Waals surface area (Å²) >= 11 is 0. The first-order valence-corrected chi connectivity index (χ1v) is 11.0. The Morgan fingerprint density at radius 3 is 1.91 bits per heavy atom. The van der Waals surface area contributed by atoms with Crippen molar-refractivity contribution in [2.75, 3.05) is 0 Å². The van der Waals surface area contributed by atoms with Gasteiger partial charge in [0.15, 0.2) is 0 Å². The van der Waals surface area contributed by atoms with Crippen molar-refractivity contribution in [1.82, 2.24) is 0 Å². The molecule has 0 spiro atoms. The summed E-state index contributed by atoms with van der Waals surface area (Å²) in [5.41, 5.74) is 0.776. The van der Waals surface area contributed by atoms with Gasteiger partial charge < -0.3 is 4.52 Å². The second-order valence-electron chi connectivity index (χ2n) is 5.51. The van der Waals surface area contributed by atoms with Gasteiger partial charge in [0.1, 0.15) is 5.75 Å². The van der Waals surface area contributed by atoms with E-state index in [1.807, 2.05) is 25.3 Å². The number of hydrogen-bond acceptors (Lipinski definition) is 4. The van der Waals surface area contributed by atoms with Crippen molar-refractivity contribution in [1.29, 1.82) is 0 Å². The highest BCUT2D eigenvalue weighted by Crippen LogP contribution is 2.81. The van der Waals surface area contributed by atoms with Crippen LogP contribution in [-0.4, -0.2) is 0 Å². The third kappa shape index (κ3) is 4.68. The molecule has 0 saturated heterocycles. The Bertz CT molecular complexity index is 758. The lowest BCUT2D eigenvalue weighted by Crippen LogP contribution is -2.14. The van der Waals surface area contributed by atoms with E-state index in [0.29, 0.717) is 0 Å². The average molecular weight is 393 g/mol. The first-order chi connectivity index (χ1) is 10.4. The smallest absolute Gasteiger partial charge is 0.419 e. The molecule has 0 amide bonds. The molecule has 0 N–H and O–H groups in total. The number of halogens is 5. The topological polar surface area (TPSA) is 46.3 Å². The minimum absolute atomic E-state index is 0.142. The van der Waals surface area contributed by atoms with E-state index >= 15 is 0 Å². The lowest BCUT2D eigenvalue weighted by atomic mass is 9.82. The van der Waals surface area contributed by atoms with Gasteiger partial charge in [0.25, 0.3) is 0 Å². The van der Waals surface area contributed by atoms with Gasteiger partial charge >= 0.3 is 23.4 Å². The third-order valence-electron chi connectivity index (χ3n) is 3.39. The van der Waals surface area contributed by atoms with Gasteiger partial charge in [0.2, 0.25) is 0 Å². The molecule has 1 aromatic carbocycles. The standard InChI is InChI=1S/C11H15F5N3OP3/c1-4-11(2,3)9-5-7-10(8-6-9)20-23(16)18-21(12,13)17-22(14,15)19-23/h5-8H,4H2,1-3H3. The number of hydrogen-bond donors (Lipinski definition) is 0. The minimum Gasteiger partial charge on any atom is -0.419 e. The molecular weight excluding hydrogens is 378 g/mol. The zero-order valence-corrected chi connectivity index (χ0v) is 15.2. The molecular formula is C11H15F5N3OP3. The van der Waals surface area contributed by atoms with E-state index in [9.17, 15) is 21.0 Å². The Morgan fingerprint density at radius 2 is 1.43 bits per heavy atom. The second-order valence-corrected chi connectivity index (χ2v) is 10.6. The molecule has 1 unspecified atom stereocenters. The molecule has 0 aliphatic carbocycles. The van der Waals surface area contributed by atoms with Gasteiger partial charge in [-0.15, -0.1) is 34.5 Å². The van der Waals surface area contributed by atoms with Crippen LogP contribution in [0.3, 0.4) is 0 Å². The lowest BCUT2D eigenvalue weighted by Gasteiger charge is -2.23. The fourth-order valence-corrected chi connectivity index (χ4v) is 7.03. The number of benzene rings is 1. The molecule has 1 atom stereocenters. The van der Waals surface area contributed by atoms with E-state index in [1.54, 1.807) is 12.1 Å². The highest BCUT2D eigenvalue weighted by molar-refractivity contribution is 7.77. The van der Waals surface area contributed by atoms with Gasteiger partial charge in [-0.25, -0.2) is 0 Å². The van der Waals surface area contributed by atoms with Crippen molar-refractivity contribution in [2.24, 2.45) is 13.5 Å². The molecule has 4 nitrogen and oxygen atoms in total. The third-order valence-corrected chi connectivity index (χ3v) is 9.04. The molecule has 0 saturated carbocycles. The normalized spacial score (nSPS) is 25.7. The van der Waals surface area contributed by atoms with E-state index in [2.05, 4.69) is 13.6 Å². The predicted molar refractivity (Wildman–Crippen MR) is 84.0 cm³/mol. The van der Waals surface area contributed by atoms with Gasteiger partial charge in [-0.2, -0.15) is 0 Å². The highest BCUT2D eigenvalue weighted by atomic mass is 31.3. The molecule has 0 aromatic heterocycles. The predicted octanol–water partition coefficient (Wildman–Crippen LogP) is 8.45. The Kier molecular flexibility index (Phi) is 4.89. The molecule has 1 aliphatic heterocycles. The molecule has 1 heterocycles. The molecule has 130 valence electrons. The Morgan fingerprint density at radius 1 is 0.913 bits per heavy atom. The maximum atomic E-state index is 14.2. The summed E-state index contributed by atoms with van der Waals surface area (Å²) in [5.74, 6) is -0.175. The summed E-state index contributed by atoms with van der Waals surface area (Å²) in [4.78, 5) is 0. The summed E-state index contributed by atoms with van der Waals surface area (Å²) in [6.07, 6.45) is 0.840. The van der Waals surface area contributed by atoms with E-state index in [0.717, 1.165) is 12.0 Å². The molecule has 0 bridgehead atoms. The van der Waals surface area contributed by atoms with Crippen molar-refractivity contribution in [3.63, 3.8) is 0 Å². The van der Waals surface area contributed by atoms with Gasteiger partial charge in [-0.3, -0.25) is 0 Å². The van der Waals surface area contributed by atoms with Crippen LogP contribution in [0.25, 0.3) is 0 Å². The fraction of sp³-hybridized carbons (Fsp3) is 0.455. The van der Waals surface area contributed by atoms with Crippen LogP contribution < -0.4 is 4.52 Å². The zero-order chi connectivity index (χ0) is 17.5. The second kappa shape index (κ2) is 6.02. The van der Waals surface area contributed by atoms with Crippen LogP contribution in [0.2, 0.25) is 0 Å². The Balaban J connectivity index is 2.35. The maximum absolute atomic E-state index is 14.2. The molecule has 12 heteroatoms. The molecule has 2 rings (SSSR count). The molecule has 1 aliphatic rings. The monoisotopic (exact) mass is 393 g/mol. The quantitative estimate of drug-likeness (QED) is 0.374. The first kappa shape index (κ1) is 18.7. The van der Waals surface area contributed by atoms with E-state index in [4.69, 9.17) is 0 Å². The fourth-order valence-electron chi connectivity index (χ4n) is 1.79. The van der Waals surface area contributed by atoms with E-state index in [-0.39, 0.29) is 11.2 Å². The van der Waals surface area contributed by atoms with Crippen LogP contribution in [0.1, 0.15) is 32.8 Å². The minimum atomic E-state index is -5.75. The Hall–Kier alpha value is -0.640. The maximum Gasteiger partial charge on any atom is 0.441 e. The van der Waals surface area contributed by atoms with Crippen molar-refractivity contribution in [3.05, 3.63) is 29.8 Å². The van der Waals surface area contributed by atoms with E-state index in [1.165, 1.54) is 12.1 Å². The largest absolute Gasteiger partial charge is 0.441 e. The van der Waals surface area contributed by atoms with Gasteiger partial charge in [0, 0.05) is 0 Å². The molecule has 23 heavy (non-hydrogen) atoms. The van der Waals surface area contributed by atoms with Crippen molar-refractivity contribution in [2.45, 2.75) is 32.6 Å². The summed E-state index contributed by atoms with van der Waals surface area (Å²) < 4.78 is 78.3. The van der Waals surface area contributed by atoms with Gasteiger partial charge in [-0.05, 0) is 29.5 Å². The lowest BCUT2D eigenvalue weighted by molar-refractivity contribution is 0.504. The first-order valence-electron chi connectivity index (χ1n) is 6.56. The molecule has 1 aromatic rings. The van der Waals surface area contributed by atoms with Gasteiger partial charge in [-0.1, -0.05) is 32.9 Å². The van der Waals surface area contributed by atoms with Crippen LogP contribution in [0.5, 0.6) is 5.75 Å². The highest BCUT2D eigenvalue weighted by Gasteiger charge is 2.41. The van der Waals surface area contributed by atoms with Gasteiger partial charge in [0.05, 0.1) is 0 Å². The number of rotatable bonds is 4. The SMILES string of the molecule is CCC(C)(C)c1ccc(OP2(F)=NP(F)(F)=NP(F)(F)=N2)cc1. The van der Waals surface area contributed by atoms with Crippen molar-refractivity contribution in [3.8, 4) is 5.75 Å². The van der Waals surface area contributed by atoms with Crippen molar-refractivity contribution < 1.29 is 25.5 Å². The Labute approximate surface area is 131 Å². The summed E-state index contributed by atoms with van der Waals surface area (Å²) in [6.45, 7) is 5.99. The van der Waals surface area contributed by atoms with Crippen LogP contribution >= 0.6 is 23.4 Å². The average Bonchev–Trinajstić information content (AvgIpc) is 2.34. The summed E-state index contributed by atoms with van der Waals surface area (Å²) in [6, 6.07) is 5.91. The number of nitrogens with zero attached hydrogens (tertiary/aromatic N) is 3. The summed E-state index contributed by atoms with van der Waals surface area (Å²) in [7, 11) is -16.6. The van der Waals surface area contributed by atoms with Crippen LogP contribution in [0.15, 0.2) is 37.8 Å². The van der Waals surface area contributed by atoms with Crippen molar-refractivity contribution >= 4 is 23.4 Å². The van der Waals surface area contributed by atoms with Crippen LogP contribution in [-0.2, 0) is 5.41 Å². The summed E-state index contributed by atoms with van der Waals surface area (Å²) in [5, 5.41) is 0. The molecule has 0 fully saturated rings.